The van der Waals surface area contributed by atoms with Gasteiger partial charge in [0.25, 0.3) is 0 Å². The maximum Gasteiger partial charge on any atom is 0.132 e. The fourth-order valence-corrected chi connectivity index (χ4v) is 2.58. The molecule has 0 aliphatic heterocycles. The first-order chi connectivity index (χ1) is 10.1. The van der Waals surface area contributed by atoms with Gasteiger partial charge in [0.1, 0.15) is 17.3 Å². The monoisotopic (exact) mass is 309 g/mol. The van der Waals surface area contributed by atoms with E-state index in [1.165, 1.54) is 13.2 Å². The lowest BCUT2D eigenvalue weighted by Crippen LogP contribution is -2.20. The van der Waals surface area contributed by atoms with Gasteiger partial charge in [-0.15, -0.1) is 0 Å². The minimum absolute atomic E-state index is 0.347. The summed E-state index contributed by atoms with van der Waals surface area (Å²) >= 11 is 6.30. The number of rotatable bonds is 5. The first kappa shape index (κ1) is 15.6. The highest BCUT2D eigenvalue weighted by Crippen LogP contribution is 2.36. The highest BCUT2D eigenvalue weighted by Gasteiger charge is 2.23. The SMILES string of the molecule is CNC(c1ccc(OC)cc1Cl)c1c(F)cccc1OC. The predicted octanol–water partition coefficient (Wildman–Crippen LogP) is 3.81. The number of hydrogen-bond donors (Lipinski definition) is 1. The molecular formula is C16H17ClFNO2. The van der Waals surface area contributed by atoms with Gasteiger partial charge in [-0.05, 0) is 36.9 Å². The van der Waals surface area contributed by atoms with Crippen molar-refractivity contribution in [2.24, 2.45) is 0 Å². The van der Waals surface area contributed by atoms with Crippen molar-refractivity contribution < 1.29 is 13.9 Å². The summed E-state index contributed by atoms with van der Waals surface area (Å²) in [6.07, 6.45) is 0. The molecule has 0 saturated carbocycles. The normalized spacial score (nSPS) is 12.0. The van der Waals surface area contributed by atoms with Crippen LogP contribution in [0.25, 0.3) is 0 Å². The number of methoxy groups -OCH3 is 2. The maximum atomic E-state index is 14.2. The van der Waals surface area contributed by atoms with Crippen molar-refractivity contribution in [1.29, 1.82) is 0 Å². The van der Waals surface area contributed by atoms with Gasteiger partial charge >= 0.3 is 0 Å². The number of benzene rings is 2. The summed E-state index contributed by atoms with van der Waals surface area (Å²) in [6.45, 7) is 0. The van der Waals surface area contributed by atoms with E-state index < -0.39 is 6.04 Å². The highest BCUT2D eigenvalue weighted by molar-refractivity contribution is 6.31. The number of hydrogen-bond acceptors (Lipinski definition) is 3. The molecule has 0 heterocycles. The van der Waals surface area contributed by atoms with Crippen LogP contribution in [0.1, 0.15) is 17.2 Å². The van der Waals surface area contributed by atoms with E-state index in [0.29, 0.717) is 22.1 Å². The lowest BCUT2D eigenvalue weighted by molar-refractivity contribution is 0.398. The van der Waals surface area contributed by atoms with E-state index in [-0.39, 0.29) is 5.82 Å². The number of halogens is 2. The summed E-state index contributed by atoms with van der Waals surface area (Å²) in [5.41, 5.74) is 1.18. The molecule has 21 heavy (non-hydrogen) atoms. The molecule has 2 aromatic rings. The third kappa shape index (κ3) is 3.12. The molecule has 0 aliphatic carbocycles. The van der Waals surface area contributed by atoms with E-state index >= 15 is 0 Å². The lowest BCUT2D eigenvalue weighted by Gasteiger charge is -2.21. The second kappa shape index (κ2) is 6.78. The Morgan fingerprint density at radius 2 is 1.90 bits per heavy atom. The van der Waals surface area contributed by atoms with Crippen molar-refractivity contribution >= 4 is 11.6 Å². The van der Waals surface area contributed by atoms with Crippen LogP contribution >= 0.6 is 11.6 Å². The molecule has 1 atom stereocenters. The molecule has 3 nitrogen and oxygen atoms in total. The zero-order valence-electron chi connectivity index (χ0n) is 12.1. The Morgan fingerprint density at radius 1 is 1.14 bits per heavy atom. The summed E-state index contributed by atoms with van der Waals surface area (Å²) in [4.78, 5) is 0. The Bertz CT molecular complexity index is 634. The molecule has 1 N–H and O–H groups in total. The van der Waals surface area contributed by atoms with E-state index in [1.54, 1.807) is 38.4 Å². The number of nitrogens with one attached hydrogen (secondary N) is 1. The minimum atomic E-state index is -0.417. The third-order valence-electron chi connectivity index (χ3n) is 3.33. The van der Waals surface area contributed by atoms with Crippen LogP contribution < -0.4 is 14.8 Å². The van der Waals surface area contributed by atoms with E-state index in [0.717, 1.165) is 5.56 Å². The summed E-state index contributed by atoms with van der Waals surface area (Å²) in [6, 6.07) is 9.63. The molecule has 0 amide bonds. The molecule has 2 aromatic carbocycles. The molecule has 0 saturated heterocycles. The van der Waals surface area contributed by atoms with Gasteiger partial charge in [0.05, 0.1) is 25.8 Å². The van der Waals surface area contributed by atoms with E-state index in [9.17, 15) is 4.39 Å². The standard InChI is InChI=1S/C16H17ClFNO2/c1-19-16(11-8-7-10(20-2)9-12(11)17)15-13(18)5-4-6-14(15)21-3/h4-9,16,19H,1-3H3. The van der Waals surface area contributed by atoms with E-state index in [1.807, 2.05) is 6.07 Å². The second-order valence-electron chi connectivity index (χ2n) is 4.46. The Labute approximate surface area is 128 Å². The van der Waals surface area contributed by atoms with Crippen molar-refractivity contribution in [1.82, 2.24) is 5.32 Å². The van der Waals surface area contributed by atoms with Crippen LogP contribution in [0.4, 0.5) is 4.39 Å². The van der Waals surface area contributed by atoms with Gasteiger partial charge in [0.2, 0.25) is 0 Å². The first-order valence-electron chi connectivity index (χ1n) is 6.45. The Hall–Kier alpha value is -1.78. The Morgan fingerprint density at radius 3 is 2.48 bits per heavy atom. The summed E-state index contributed by atoms with van der Waals surface area (Å²) < 4.78 is 24.7. The van der Waals surface area contributed by atoms with Gasteiger partial charge in [-0.3, -0.25) is 0 Å². The van der Waals surface area contributed by atoms with Gasteiger partial charge < -0.3 is 14.8 Å². The smallest absolute Gasteiger partial charge is 0.132 e. The molecule has 0 aliphatic rings. The zero-order chi connectivity index (χ0) is 15.4. The van der Waals surface area contributed by atoms with Gasteiger partial charge in [0, 0.05) is 5.02 Å². The van der Waals surface area contributed by atoms with Gasteiger partial charge in [-0.2, -0.15) is 0 Å². The molecule has 0 aromatic heterocycles. The van der Waals surface area contributed by atoms with Crippen LogP contribution in [0.2, 0.25) is 5.02 Å². The van der Waals surface area contributed by atoms with Crippen LogP contribution in [0.5, 0.6) is 11.5 Å². The van der Waals surface area contributed by atoms with E-state index in [4.69, 9.17) is 21.1 Å². The first-order valence-corrected chi connectivity index (χ1v) is 6.83. The largest absolute Gasteiger partial charge is 0.497 e. The Kier molecular flexibility index (Phi) is 5.04. The Balaban J connectivity index is 2.55. The van der Waals surface area contributed by atoms with Gasteiger partial charge in [0.15, 0.2) is 0 Å². The summed E-state index contributed by atoms with van der Waals surface area (Å²) in [5, 5.41) is 3.58. The van der Waals surface area contributed by atoms with Crippen molar-refractivity contribution in [3.63, 3.8) is 0 Å². The van der Waals surface area contributed by atoms with Gasteiger partial charge in [-0.1, -0.05) is 23.7 Å². The quantitative estimate of drug-likeness (QED) is 0.911. The van der Waals surface area contributed by atoms with Crippen LogP contribution in [-0.4, -0.2) is 21.3 Å². The molecule has 0 radical (unpaired) electrons. The molecule has 0 bridgehead atoms. The topological polar surface area (TPSA) is 30.5 Å². The predicted molar refractivity (Wildman–Crippen MR) is 81.9 cm³/mol. The molecule has 0 spiro atoms. The lowest BCUT2D eigenvalue weighted by atomic mass is 9.97. The average Bonchev–Trinajstić information content (AvgIpc) is 2.50. The summed E-state index contributed by atoms with van der Waals surface area (Å²) in [5.74, 6) is 0.779. The van der Waals surface area contributed by atoms with Crippen LogP contribution in [0.3, 0.4) is 0 Å². The molecule has 1 unspecified atom stereocenters. The fraction of sp³-hybridized carbons (Fsp3) is 0.250. The maximum absolute atomic E-state index is 14.2. The van der Waals surface area contributed by atoms with Crippen molar-refractivity contribution in [2.45, 2.75) is 6.04 Å². The van der Waals surface area contributed by atoms with E-state index in [2.05, 4.69) is 5.32 Å². The number of ether oxygens (including phenoxy) is 2. The third-order valence-corrected chi connectivity index (χ3v) is 3.66. The summed E-state index contributed by atoms with van der Waals surface area (Å²) in [7, 11) is 4.83. The van der Waals surface area contributed by atoms with Gasteiger partial charge in [-0.25, -0.2) is 4.39 Å². The van der Waals surface area contributed by atoms with Crippen LogP contribution in [-0.2, 0) is 0 Å². The van der Waals surface area contributed by atoms with Crippen molar-refractivity contribution in [2.75, 3.05) is 21.3 Å². The molecule has 2 rings (SSSR count). The minimum Gasteiger partial charge on any atom is -0.497 e. The van der Waals surface area contributed by atoms with Crippen LogP contribution in [0.15, 0.2) is 36.4 Å². The van der Waals surface area contributed by atoms with Crippen molar-refractivity contribution in [3.8, 4) is 11.5 Å². The fourth-order valence-electron chi connectivity index (χ4n) is 2.30. The zero-order valence-corrected chi connectivity index (χ0v) is 12.9. The molecule has 112 valence electrons. The molecule has 5 heteroatoms. The highest BCUT2D eigenvalue weighted by atomic mass is 35.5. The van der Waals surface area contributed by atoms with Crippen molar-refractivity contribution in [3.05, 3.63) is 58.4 Å². The molecule has 0 fully saturated rings. The average molecular weight is 310 g/mol. The molecular weight excluding hydrogens is 293 g/mol. The second-order valence-corrected chi connectivity index (χ2v) is 4.87. The van der Waals surface area contributed by atoms with Crippen LogP contribution in [0, 0.1) is 5.82 Å².